The molecule has 0 amide bonds. The summed E-state index contributed by atoms with van der Waals surface area (Å²) >= 11 is 0. The Morgan fingerprint density at radius 1 is 0.737 bits per heavy atom. The lowest BCUT2D eigenvalue weighted by molar-refractivity contribution is -0.0315. The lowest BCUT2D eigenvalue weighted by Crippen LogP contribution is -2.33. The summed E-state index contributed by atoms with van der Waals surface area (Å²) in [6.07, 6.45) is 4.96. The molecule has 2 nitrogen and oxygen atoms in total. The van der Waals surface area contributed by atoms with Gasteiger partial charge in [-0.2, -0.15) is 0 Å². The Hall–Kier alpha value is -0.0800. The molecule has 0 heterocycles. The lowest BCUT2D eigenvalue weighted by Gasteiger charge is -2.34. The molecule has 0 spiro atoms. The third-order valence-electron chi connectivity index (χ3n) is 3.73. The molecule has 0 rings (SSSR count). The first-order valence-corrected chi connectivity index (χ1v) is 8.11. The molecule has 0 saturated carbocycles. The monoisotopic (exact) mass is 272 g/mol. The maximum absolute atomic E-state index is 5.78. The zero-order valence-electron chi connectivity index (χ0n) is 14.1. The average Bonchev–Trinajstić information content (AvgIpc) is 2.37. The quantitative estimate of drug-likeness (QED) is 0.502. The summed E-state index contributed by atoms with van der Waals surface area (Å²) in [5, 5.41) is 0. The molecular weight excluding hydrogens is 236 g/mol. The van der Waals surface area contributed by atoms with Crippen LogP contribution >= 0.6 is 0 Å². The van der Waals surface area contributed by atoms with E-state index in [0.717, 1.165) is 38.3 Å². The normalized spacial score (nSPS) is 12.6. The first kappa shape index (κ1) is 18.9. The molecule has 0 radical (unpaired) electrons. The van der Waals surface area contributed by atoms with E-state index in [1.165, 1.54) is 25.7 Å². The van der Waals surface area contributed by atoms with Gasteiger partial charge in [-0.3, -0.25) is 0 Å². The van der Waals surface area contributed by atoms with Crippen molar-refractivity contribution in [3.8, 4) is 0 Å². The van der Waals surface area contributed by atoms with E-state index in [-0.39, 0.29) is 5.41 Å². The van der Waals surface area contributed by atoms with E-state index in [2.05, 4.69) is 41.5 Å². The van der Waals surface area contributed by atoms with Crippen molar-refractivity contribution in [3.05, 3.63) is 0 Å². The molecule has 0 aliphatic carbocycles. The molecule has 0 N–H and O–H groups in total. The molecule has 19 heavy (non-hydrogen) atoms. The van der Waals surface area contributed by atoms with E-state index in [0.29, 0.717) is 0 Å². The highest BCUT2D eigenvalue weighted by molar-refractivity contribution is 4.80. The van der Waals surface area contributed by atoms with Crippen LogP contribution in [0.1, 0.15) is 67.2 Å². The lowest BCUT2D eigenvalue weighted by atomic mass is 9.77. The summed E-state index contributed by atoms with van der Waals surface area (Å²) in [5.41, 5.74) is 0.223. The highest BCUT2D eigenvalue weighted by Crippen LogP contribution is 2.34. The fourth-order valence-corrected chi connectivity index (χ4v) is 2.28. The molecule has 0 fully saturated rings. The molecule has 0 aromatic rings. The van der Waals surface area contributed by atoms with Gasteiger partial charge in [-0.15, -0.1) is 0 Å². The maximum Gasteiger partial charge on any atom is 0.0544 e. The summed E-state index contributed by atoms with van der Waals surface area (Å²) in [7, 11) is 0. The second-order valence-electron chi connectivity index (χ2n) is 6.64. The van der Waals surface area contributed by atoms with Crippen LogP contribution in [-0.4, -0.2) is 26.4 Å². The number of rotatable bonds is 12. The molecular formula is C17H36O2. The van der Waals surface area contributed by atoms with Crippen molar-refractivity contribution in [2.45, 2.75) is 67.2 Å². The van der Waals surface area contributed by atoms with Crippen molar-refractivity contribution < 1.29 is 9.47 Å². The van der Waals surface area contributed by atoms with Crippen molar-refractivity contribution >= 4 is 0 Å². The van der Waals surface area contributed by atoms with Crippen molar-refractivity contribution in [1.29, 1.82) is 0 Å². The van der Waals surface area contributed by atoms with Gasteiger partial charge in [0.1, 0.15) is 0 Å². The third kappa shape index (κ3) is 9.45. The molecule has 0 aromatic carbocycles. The molecule has 0 aromatic heterocycles. The number of hydrogen-bond acceptors (Lipinski definition) is 2. The zero-order chi connectivity index (χ0) is 14.7. The van der Waals surface area contributed by atoms with Crippen molar-refractivity contribution in [2.24, 2.45) is 17.3 Å². The Labute approximate surface area is 121 Å². The molecule has 0 aliphatic heterocycles. The van der Waals surface area contributed by atoms with Gasteiger partial charge in [0.15, 0.2) is 0 Å². The topological polar surface area (TPSA) is 18.5 Å². The Bertz CT molecular complexity index is 177. The second-order valence-corrected chi connectivity index (χ2v) is 6.64. The van der Waals surface area contributed by atoms with E-state index in [1.54, 1.807) is 0 Å². The molecule has 116 valence electrons. The minimum absolute atomic E-state index is 0.223. The Kier molecular flexibility index (Phi) is 10.6. The smallest absolute Gasteiger partial charge is 0.0544 e. The Balaban J connectivity index is 4.62. The summed E-state index contributed by atoms with van der Waals surface area (Å²) in [4.78, 5) is 0. The molecule has 2 heteroatoms. The fourth-order valence-electron chi connectivity index (χ4n) is 2.28. The van der Waals surface area contributed by atoms with E-state index in [4.69, 9.17) is 9.47 Å². The zero-order valence-corrected chi connectivity index (χ0v) is 14.1. The fraction of sp³-hybridized carbons (Fsp3) is 1.00. The van der Waals surface area contributed by atoms with Crippen LogP contribution in [0.4, 0.5) is 0 Å². The summed E-state index contributed by atoms with van der Waals surface area (Å²) in [5.74, 6) is 1.50. The standard InChI is InChI=1S/C17H36O2/c1-7-18-13-17(14-19-8-2,11-9-15(3)4)12-10-16(5)6/h15-16H,7-14H2,1-6H3. The van der Waals surface area contributed by atoms with Crippen LogP contribution in [0.2, 0.25) is 0 Å². The summed E-state index contributed by atoms with van der Waals surface area (Å²) < 4.78 is 11.6. The van der Waals surface area contributed by atoms with Crippen molar-refractivity contribution in [1.82, 2.24) is 0 Å². The average molecular weight is 272 g/mol. The van der Waals surface area contributed by atoms with Crippen LogP contribution < -0.4 is 0 Å². The number of ether oxygens (including phenoxy) is 2. The van der Waals surface area contributed by atoms with Gasteiger partial charge >= 0.3 is 0 Å². The first-order chi connectivity index (χ1) is 8.95. The van der Waals surface area contributed by atoms with E-state index in [1.807, 2.05) is 0 Å². The maximum atomic E-state index is 5.78. The Morgan fingerprint density at radius 3 is 1.37 bits per heavy atom. The van der Waals surface area contributed by atoms with E-state index < -0.39 is 0 Å². The number of hydrogen-bond donors (Lipinski definition) is 0. The van der Waals surface area contributed by atoms with E-state index in [9.17, 15) is 0 Å². The van der Waals surface area contributed by atoms with Crippen LogP contribution in [0.15, 0.2) is 0 Å². The molecule has 0 aliphatic rings. The van der Waals surface area contributed by atoms with Gasteiger partial charge < -0.3 is 9.47 Å². The summed E-state index contributed by atoms with van der Waals surface area (Å²) in [6.45, 7) is 16.7. The van der Waals surface area contributed by atoms with Crippen molar-refractivity contribution in [3.63, 3.8) is 0 Å². The van der Waals surface area contributed by atoms with Crippen LogP contribution in [0.25, 0.3) is 0 Å². The van der Waals surface area contributed by atoms with Gasteiger partial charge in [-0.05, 0) is 38.5 Å². The second kappa shape index (κ2) is 10.7. The van der Waals surface area contributed by atoms with Gasteiger partial charge in [0, 0.05) is 18.6 Å². The molecule has 0 unspecified atom stereocenters. The highest BCUT2D eigenvalue weighted by atomic mass is 16.5. The van der Waals surface area contributed by atoms with Gasteiger partial charge in [0.05, 0.1) is 13.2 Å². The Morgan fingerprint density at radius 2 is 1.11 bits per heavy atom. The first-order valence-electron chi connectivity index (χ1n) is 8.11. The minimum Gasteiger partial charge on any atom is -0.381 e. The van der Waals surface area contributed by atoms with Gasteiger partial charge in [0.2, 0.25) is 0 Å². The molecule has 0 saturated heterocycles. The predicted molar refractivity (Wildman–Crippen MR) is 83.6 cm³/mol. The third-order valence-corrected chi connectivity index (χ3v) is 3.73. The van der Waals surface area contributed by atoms with Gasteiger partial charge in [-0.1, -0.05) is 40.5 Å². The van der Waals surface area contributed by atoms with Crippen LogP contribution in [0.5, 0.6) is 0 Å². The summed E-state index contributed by atoms with van der Waals surface area (Å²) in [6, 6.07) is 0. The van der Waals surface area contributed by atoms with Gasteiger partial charge in [0.25, 0.3) is 0 Å². The van der Waals surface area contributed by atoms with Crippen LogP contribution in [0.3, 0.4) is 0 Å². The van der Waals surface area contributed by atoms with Gasteiger partial charge in [-0.25, -0.2) is 0 Å². The minimum atomic E-state index is 0.223. The van der Waals surface area contributed by atoms with E-state index >= 15 is 0 Å². The largest absolute Gasteiger partial charge is 0.381 e. The SMILES string of the molecule is CCOCC(CCC(C)C)(CCC(C)C)COCC. The molecule has 0 bridgehead atoms. The van der Waals surface area contributed by atoms with Crippen LogP contribution in [-0.2, 0) is 9.47 Å². The van der Waals surface area contributed by atoms with Crippen molar-refractivity contribution in [2.75, 3.05) is 26.4 Å². The van der Waals surface area contributed by atoms with Crippen LogP contribution in [0, 0.1) is 17.3 Å². The predicted octanol–water partition coefficient (Wildman–Crippen LogP) is 4.92. The highest BCUT2D eigenvalue weighted by Gasteiger charge is 2.30. The molecule has 0 atom stereocenters.